The van der Waals surface area contributed by atoms with E-state index >= 15 is 0 Å². The monoisotopic (exact) mass is 218 g/mol. The smallest absolute Gasteiger partial charge is 0.0442 e. The molecule has 1 aliphatic carbocycles. The summed E-state index contributed by atoms with van der Waals surface area (Å²) in [5.74, 6) is 0. The van der Waals surface area contributed by atoms with Crippen molar-refractivity contribution >= 4 is 0 Å². The van der Waals surface area contributed by atoms with E-state index in [0.29, 0.717) is 6.04 Å². The maximum absolute atomic E-state index is 4.70. The van der Waals surface area contributed by atoms with Crippen molar-refractivity contribution in [3.8, 4) is 0 Å². The van der Waals surface area contributed by atoms with E-state index in [9.17, 15) is 0 Å². The molecule has 88 valence electrons. The van der Waals surface area contributed by atoms with Crippen LogP contribution in [0.3, 0.4) is 0 Å². The summed E-state index contributed by atoms with van der Waals surface area (Å²) in [6.07, 6.45) is 4.71. The first-order chi connectivity index (χ1) is 7.61. The van der Waals surface area contributed by atoms with Gasteiger partial charge in [0.2, 0.25) is 0 Å². The molecule has 0 fully saturated rings. The van der Waals surface area contributed by atoms with Crippen molar-refractivity contribution in [2.75, 3.05) is 14.1 Å². The molecule has 0 aliphatic heterocycles. The first-order valence-corrected chi connectivity index (χ1v) is 6.26. The summed E-state index contributed by atoms with van der Waals surface area (Å²) in [6, 6.07) is 2.96. The van der Waals surface area contributed by atoms with Gasteiger partial charge in [0, 0.05) is 17.4 Å². The Morgan fingerprint density at radius 1 is 1.44 bits per heavy atom. The highest BCUT2D eigenvalue weighted by Gasteiger charge is 2.23. The minimum atomic E-state index is 0.697. The second-order valence-corrected chi connectivity index (χ2v) is 5.06. The molecule has 1 aromatic rings. The minimum absolute atomic E-state index is 0.697. The Labute approximate surface area is 98.7 Å². The van der Waals surface area contributed by atoms with Crippen LogP contribution in [0.1, 0.15) is 35.9 Å². The maximum Gasteiger partial charge on any atom is 0.0442 e. The fraction of sp³-hybridized carbons (Fsp3) is 0.643. The summed E-state index contributed by atoms with van der Waals surface area (Å²) in [7, 11) is 4.37. The molecule has 1 aliphatic rings. The number of rotatable bonds is 2. The highest BCUT2D eigenvalue weighted by atomic mass is 15.1. The second-order valence-electron chi connectivity index (χ2n) is 5.06. The Morgan fingerprint density at radius 2 is 2.19 bits per heavy atom. The van der Waals surface area contributed by atoms with Crippen LogP contribution in [0.5, 0.6) is 0 Å². The van der Waals surface area contributed by atoms with Crippen molar-refractivity contribution in [3.63, 3.8) is 0 Å². The van der Waals surface area contributed by atoms with Crippen LogP contribution in [0.15, 0.2) is 6.07 Å². The molecule has 0 aromatic carbocycles. The molecule has 1 unspecified atom stereocenters. The standard InChI is InChI=1S/C14H22N2/c1-5-11-8-10(2)15-14-7-6-12(16(3)4)9-13(11)14/h8,12H,5-7,9H2,1-4H3. The number of likely N-dealkylation sites (N-methyl/N-ethyl adjacent to an activating group) is 1. The third-order valence-electron chi connectivity index (χ3n) is 3.70. The highest BCUT2D eigenvalue weighted by molar-refractivity contribution is 5.35. The van der Waals surface area contributed by atoms with E-state index in [1.54, 1.807) is 0 Å². The molecule has 0 bridgehead atoms. The number of pyridine rings is 1. The Balaban J connectivity index is 2.36. The van der Waals surface area contributed by atoms with Crippen molar-refractivity contribution in [3.05, 3.63) is 28.6 Å². The van der Waals surface area contributed by atoms with Crippen LogP contribution in [-0.2, 0) is 19.3 Å². The van der Waals surface area contributed by atoms with Gasteiger partial charge in [-0.05, 0) is 63.9 Å². The van der Waals surface area contributed by atoms with Crippen LogP contribution in [0.2, 0.25) is 0 Å². The second kappa shape index (κ2) is 4.54. The summed E-state index contributed by atoms with van der Waals surface area (Å²) >= 11 is 0. The van der Waals surface area contributed by atoms with Crippen LogP contribution < -0.4 is 0 Å². The zero-order chi connectivity index (χ0) is 11.7. The average Bonchev–Trinajstić information content (AvgIpc) is 2.27. The van der Waals surface area contributed by atoms with Crippen molar-refractivity contribution in [1.82, 2.24) is 9.88 Å². The number of fused-ring (bicyclic) bond motifs is 1. The molecular weight excluding hydrogens is 196 g/mol. The molecule has 1 aromatic heterocycles. The third-order valence-corrected chi connectivity index (χ3v) is 3.70. The zero-order valence-corrected chi connectivity index (χ0v) is 10.9. The Morgan fingerprint density at radius 3 is 2.81 bits per heavy atom. The average molecular weight is 218 g/mol. The van der Waals surface area contributed by atoms with Gasteiger partial charge in [-0.15, -0.1) is 0 Å². The molecule has 1 heterocycles. The van der Waals surface area contributed by atoms with Gasteiger partial charge < -0.3 is 4.90 Å². The van der Waals surface area contributed by atoms with Gasteiger partial charge in [0.1, 0.15) is 0 Å². The Hall–Kier alpha value is -0.890. The predicted octanol–water partition coefficient (Wildman–Crippen LogP) is 2.37. The van der Waals surface area contributed by atoms with Gasteiger partial charge in [-0.25, -0.2) is 0 Å². The molecule has 2 heteroatoms. The molecule has 2 nitrogen and oxygen atoms in total. The molecule has 1 atom stereocenters. The van der Waals surface area contributed by atoms with Gasteiger partial charge >= 0.3 is 0 Å². The topological polar surface area (TPSA) is 16.1 Å². The lowest BCUT2D eigenvalue weighted by molar-refractivity contribution is 0.266. The van der Waals surface area contributed by atoms with Gasteiger partial charge in [-0.1, -0.05) is 6.92 Å². The van der Waals surface area contributed by atoms with Gasteiger partial charge in [-0.3, -0.25) is 4.98 Å². The fourth-order valence-electron chi connectivity index (χ4n) is 2.69. The third kappa shape index (κ3) is 2.12. The number of hydrogen-bond donors (Lipinski definition) is 0. The summed E-state index contributed by atoms with van der Waals surface area (Å²) in [5, 5.41) is 0. The number of nitrogens with zero attached hydrogens (tertiary/aromatic N) is 2. The zero-order valence-electron chi connectivity index (χ0n) is 10.9. The summed E-state index contributed by atoms with van der Waals surface area (Å²) in [5.41, 5.74) is 5.57. The van der Waals surface area contributed by atoms with Crippen molar-refractivity contribution in [2.45, 2.75) is 45.6 Å². The number of aromatic nitrogens is 1. The lowest BCUT2D eigenvalue weighted by Crippen LogP contribution is -2.34. The molecule has 0 saturated carbocycles. The predicted molar refractivity (Wildman–Crippen MR) is 67.9 cm³/mol. The van der Waals surface area contributed by atoms with E-state index in [1.165, 1.54) is 35.4 Å². The first-order valence-electron chi connectivity index (χ1n) is 6.26. The summed E-state index contributed by atoms with van der Waals surface area (Å²) < 4.78 is 0. The van der Waals surface area contributed by atoms with E-state index in [2.05, 4.69) is 38.9 Å². The molecule has 0 radical (unpaired) electrons. The number of aryl methyl sites for hydroxylation is 3. The van der Waals surface area contributed by atoms with E-state index in [0.717, 1.165) is 12.8 Å². The summed E-state index contributed by atoms with van der Waals surface area (Å²) in [6.45, 7) is 4.35. The molecule has 0 N–H and O–H groups in total. The Bertz CT molecular complexity index is 365. The van der Waals surface area contributed by atoms with Crippen molar-refractivity contribution in [2.24, 2.45) is 0 Å². The van der Waals surface area contributed by atoms with E-state index in [-0.39, 0.29) is 0 Å². The normalized spacial score (nSPS) is 19.9. The van der Waals surface area contributed by atoms with Gasteiger partial charge in [0.05, 0.1) is 0 Å². The SMILES string of the molecule is CCc1cc(C)nc2c1CC(N(C)C)CC2. The van der Waals surface area contributed by atoms with Gasteiger partial charge in [0.15, 0.2) is 0 Å². The maximum atomic E-state index is 4.70. The lowest BCUT2D eigenvalue weighted by atomic mass is 9.87. The minimum Gasteiger partial charge on any atom is -0.306 e. The summed E-state index contributed by atoms with van der Waals surface area (Å²) in [4.78, 5) is 7.05. The molecule has 16 heavy (non-hydrogen) atoms. The van der Waals surface area contributed by atoms with Crippen LogP contribution in [0.4, 0.5) is 0 Å². The van der Waals surface area contributed by atoms with Gasteiger partial charge in [0.25, 0.3) is 0 Å². The lowest BCUT2D eigenvalue weighted by Gasteiger charge is -2.30. The van der Waals surface area contributed by atoms with Crippen molar-refractivity contribution in [1.29, 1.82) is 0 Å². The van der Waals surface area contributed by atoms with E-state index in [4.69, 9.17) is 4.98 Å². The molecule has 0 saturated heterocycles. The largest absolute Gasteiger partial charge is 0.306 e. The van der Waals surface area contributed by atoms with Crippen LogP contribution in [0.25, 0.3) is 0 Å². The number of hydrogen-bond acceptors (Lipinski definition) is 2. The first kappa shape index (κ1) is 11.6. The Kier molecular flexibility index (Phi) is 3.29. The van der Waals surface area contributed by atoms with Gasteiger partial charge in [-0.2, -0.15) is 0 Å². The molecule has 0 spiro atoms. The van der Waals surface area contributed by atoms with Crippen molar-refractivity contribution < 1.29 is 0 Å². The van der Waals surface area contributed by atoms with Crippen LogP contribution in [0, 0.1) is 6.92 Å². The van der Waals surface area contributed by atoms with Crippen LogP contribution >= 0.6 is 0 Å². The highest BCUT2D eigenvalue weighted by Crippen LogP contribution is 2.26. The van der Waals surface area contributed by atoms with E-state index < -0.39 is 0 Å². The van der Waals surface area contributed by atoms with E-state index in [1.807, 2.05) is 0 Å². The fourth-order valence-corrected chi connectivity index (χ4v) is 2.69. The molecular formula is C14H22N2. The molecule has 2 rings (SSSR count). The quantitative estimate of drug-likeness (QED) is 0.757. The van der Waals surface area contributed by atoms with Crippen LogP contribution in [-0.4, -0.2) is 30.0 Å². The molecule has 0 amide bonds.